The van der Waals surface area contributed by atoms with E-state index in [9.17, 15) is 13.2 Å². The second-order valence-corrected chi connectivity index (χ2v) is 7.57. The summed E-state index contributed by atoms with van der Waals surface area (Å²) >= 11 is 0. The minimum atomic E-state index is -3.07. The van der Waals surface area contributed by atoms with Gasteiger partial charge >= 0.3 is 6.01 Å². The van der Waals surface area contributed by atoms with Crippen molar-refractivity contribution >= 4 is 22.4 Å². The lowest BCUT2D eigenvalue weighted by Crippen LogP contribution is -2.52. The first-order valence-electron chi connectivity index (χ1n) is 9.91. The number of fused-ring (bicyclic) bond motifs is 1. The largest absolute Gasteiger partial charge is 0.497 e. The Kier molecular flexibility index (Phi) is 5.80. The molecule has 1 fully saturated rings. The minimum Gasteiger partial charge on any atom is -0.497 e. The second kappa shape index (κ2) is 8.55. The maximum Gasteiger partial charge on any atom is 0.319 e. The van der Waals surface area contributed by atoms with E-state index in [1.165, 1.54) is 19.2 Å². The zero-order chi connectivity index (χ0) is 22.9. The van der Waals surface area contributed by atoms with Gasteiger partial charge < -0.3 is 19.7 Å². The summed E-state index contributed by atoms with van der Waals surface area (Å²) in [4.78, 5) is 10.1. The van der Waals surface area contributed by atoms with Gasteiger partial charge in [0.2, 0.25) is 0 Å². The van der Waals surface area contributed by atoms with Crippen molar-refractivity contribution in [3.63, 3.8) is 0 Å². The Hall–Kier alpha value is -3.51. The van der Waals surface area contributed by atoms with Crippen molar-refractivity contribution < 1.29 is 22.6 Å². The summed E-state index contributed by atoms with van der Waals surface area (Å²) < 4.78 is 54.5. The number of rotatable bonds is 5. The maximum absolute atomic E-state index is 14.7. The molecule has 1 unspecified atom stereocenters. The Labute approximate surface area is 183 Å². The highest BCUT2D eigenvalue weighted by Crippen LogP contribution is 2.33. The van der Waals surface area contributed by atoms with E-state index in [1.807, 2.05) is 0 Å². The number of nitrogens with zero attached hydrogens (tertiary/aromatic N) is 3. The number of ether oxygens (including phenoxy) is 2. The summed E-state index contributed by atoms with van der Waals surface area (Å²) in [6.07, 6.45) is 4.08. The van der Waals surface area contributed by atoms with E-state index in [4.69, 9.17) is 15.9 Å². The van der Waals surface area contributed by atoms with E-state index in [0.29, 0.717) is 23.2 Å². The molecule has 3 aromatic rings. The molecule has 1 aliphatic heterocycles. The maximum atomic E-state index is 14.7. The zero-order valence-corrected chi connectivity index (χ0v) is 17.5. The molecule has 2 heterocycles. The zero-order valence-electron chi connectivity index (χ0n) is 17.5. The van der Waals surface area contributed by atoms with Gasteiger partial charge in [-0.05, 0) is 31.3 Å². The van der Waals surface area contributed by atoms with Crippen molar-refractivity contribution in [2.24, 2.45) is 0 Å². The molecule has 0 saturated carbocycles. The predicted octanol–water partition coefficient (Wildman–Crippen LogP) is 4.22. The van der Waals surface area contributed by atoms with Crippen LogP contribution in [0.4, 0.5) is 24.7 Å². The number of alkyl halides is 2. The Bertz CT molecular complexity index is 1200. The molecule has 9 heteroatoms. The lowest BCUT2D eigenvalue weighted by Gasteiger charge is -2.35. The first-order valence-corrected chi connectivity index (χ1v) is 9.91. The van der Waals surface area contributed by atoms with Crippen LogP contribution in [-0.4, -0.2) is 54.1 Å². The van der Waals surface area contributed by atoms with Crippen LogP contribution in [0.3, 0.4) is 0 Å². The van der Waals surface area contributed by atoms with Crippen LogP contribution >= 0.6 is 0 Å². The highest BCUT2D eigenvalue weighted by atomic mass is 19.3. The molecular formula is C23H21F3N4O2. The van der Waals surface area contributed by atoms with Crippen molar-refractivity contribution in [2.75, 3.05) is 32.6 Å². The van der Waals surface area contributed by atoms with E-state index < -0.39 is 24.4 Å². The summed E-state index contributed by atoms with van der Waals surface area (Å²) in [6.45, 7) is 0.0329. The molecule has 0 radical (unpaired) electrons. The number of methoxy groups -OCH3 is 1. The van der Waals surface area contributed by atoms with E-state index in [1.54, 1.807) is 36.2 Å². The Morgan fingerprint density at radius 1 is 1.25 bits per heavy atom. The average molecular weight is 442 g/mol. The number of hydrogen-bond donors (Lipinski definition) is 1. The molecule has 32 heavy (non-hydrogen) atoms. The van der Waals surface area contributed by atoms with Crippen LogP contribution in [0.15, 0.2) is 36.4 Å². The molecule has 1 aromatic heterocycles. The second-order valence-electron chi connectivity index (χ2n) is 7.57. The molecule has 6 nitrogen and oxygen atoms in total. The molecule has 0 amide bonds. The minimum absolute atomic E-state index is 0.0810. The number of halogens is 3. The lowest BCUT2D eigenvalue weighted by molar-refractivity contribution is -0.137. The van der Waals surface area contributed by atoms with Gasteiger partial charge in [0.25, 0.3) is 5.92 Å². The van der Waals surface area contributed by atoms with E-state index in [-0.39, 0.29) is 29.5 Å². The van der Waals surface area contributed by atoms with Crippen LogP contribution in [0.2, 0.25) is 0 Å². The van der Waals surface area contributed by atoms with Gasteiger partial charge in [-0.1, -0.05) is 12.0 Å². The normalized spacial score (nSPS) is 18.2. The predicted molar refractivity (Wildman–Crippen MR) is 115 cm³/mol. The van der Waals surface area contributed by atoms with Crippen molar-refractivity contribution in [1.29, 1.82) is 0 Å². The van der Waals surface area contributed by atoms with Crippen LogP contribution in [0, 0.1) is 18.2 Å². The molecule has 166 valence electrons. The summed E-state index contributed by atoms with van der Waals surface area (Å²) in [6, 6.07) is 9.33. The summed E-state index contributed by atoms with van der Waals surface area (Å²) in [5, 5.41) is 3.42. The fourth-order valence-corrected chi connectivity index (χ4v) is 3.59. The monoisotopic (exact) mass is 442 g/mol. The van der Waals surface area contributed by atoms with Crippen molar-refractivity contribution in [3.8, 4) is 24.1 Å². The summed E-state index contributed by atoms with van der Waals surface area (Å²) in [7, 11) is 3.13. The van der Waals surface area contributed by atoms with Gasteiger partial charge in [0.1, 0.15) is 11.6 Å². The number of aromatic nitrogens is 2. The quantitative estimate of drug-likeness (QED) is 0.597. The van der Waals surface area contributed by atoms with Crippen molar-refractivity contribution in [2.45, 2.75) is 18.4 Å². The number of likely N-dealkylation sites (tertiary alicyclic amines) is 1. The van der Waals surface area contributed by atoms with Gasteiger partial charge in [-0.25, -0.2) is 13.2 Å². The smallest absolute Gasteiger partial charge is 0.319 e. The SMILES string of the molecule is C#Cc1cccc(Nc2nc(OC3CCN(C)CC3(F)F)nc3cc(OC)ccc23)c1F. The molecule has 1 saturated heterocycles. The summed E-state index contributed by atoms with van der Waals surface area (Å²) in [5.41, 5.74) is 0.561. The van der Waals surface area contributed by atoms with Gasteiger partial charge in [0.15, 0.2) is 11.9 Å². The van der Waals surface area contributed by atoms with Crippen LogP contribution in [0.1, 0.15) is 12.0 Å². The number of hydrogen-bond acceptors (Lipinski definition) is 6. The Morgan fingerprint density at radius 2 is 2.06 bits per heavy atom. The molecule has 4 rings (SSSR count). The van der Waals surface area contributed by atoms with E-state index in [2.05, 4.69) is 21.2 Å². The van der Waals surface area contributed by atoms with Gasteiger partial charge in [0, 0.05) is 24.4 Å². The molecule has 1 atom stereocenters. The van der Waals surface area contributed by atoms with Crippen molar-refractivity contribution in [1.82, 2.24) is 14.9 Å². The van der Waals surface area contributed by atoms with Gasteiger partial charge in [-0.15, -0.1) is 6.42 Å². The number of anilines is 2. The molecule has 1 aliphatic rings. The topological polar surface area (TPSA) is 59.5 Å². The Morgan fingerprint density at radius 3 is 2.78 bits per heavy atom. The molecular weight excluding hydrogens is 421 g/mol. The third-order valence-electron chi connectivity index (χ3n) is 5.26. The van der Waals surface area contributed by atoms with Crippen LogP contribution in [0.5, 0.6) is 11.8 Å². The molecule has 0 bridgehead atoms. The fraction of sp³-hybridized carbons (Fsp3) is 0.304. The molecule has 2 aromatic carbocycles. The van der Waals surface area contributed by atoms with Gasteiger partial charge in [-0.3, -0.25) is 0 Å². The van der Waals surface area contributed by atoms with E-state index in [0.717, 1.165) is 0 Å². The van der Waals surface area contributed by atoms with Crippen molar-refractivity contribution in [3.05, 3.63) is 47.8 Å². The fourth-order valence-electron chi connectivity index (χ4n) is 3.59. The highest BCUT2D eigenvalue weighted by molar-refractivity contribution is 5.92. The number of nitrogens with one attached hydrogen (secondary N) is 1. The number of terminal acetylenes is 1. The summed E-state index contributed by atoms with van der Waals surface area (Å²) in [5.74, 6) is -0.715. The number of piperidine rings is 1. The lowest BCUT2D eigenvalue weighted by atomic mass is 10.0. The van der Waals surface area contributed by atoms with E-state index >= 15 is 0 Å². The third-order valence-corrected chi connectivity index (χ3v) is 5.26. The Balaban J connectivity index is 1.75. The van der Waals surface area contributed by atoms with Crippen LogP contribution in [-0.2, 0) is 0 Å². The van der Waals surface area contributed by atoms with Gasteiger partial charge in [0.05, 0.1) is 30.4 Å². The average Bonchev–Trinajstić information content (AvgIpc) is 2.76. The van der Waals surface area contributed by atoms with Gasteiger partial charge in [-0.2, -0.15) is 9.97 Å². The standard InChI is InChI=1S/C23H21F3N4O2/c1-4-14-6-5-7-17(20(14)24)27-21-16-9-8-15(31-3)12-18(16)28-22(29-21)32-19-10-11-30(2)13-23(19,25)26/h1,5-9,12,19H,10-11,13H2,2-3H3,(H,27,28,29). The molecule has 0 spiro atoms. The first-order chi connectivity index (χ1) is 15.3. The highest BCUT2D eigenvalue weighted by Gasteiger charge is 2.46. The molecule has 0 aliphatic carbocycles. The third kappa shape index (κ3) is 4.27. The first kappa shape index (κ1) is 21.7. The van der Waals surface area contributed by atoms with Crippen LogP contribution in [0.25, 0.3) is 10.9 Å². The van der Waals surface area contributed by atoms with Crippen LogP contribution < -0.4 is 14.8 Å². The molecule has 1 N–H and O–H groups in total. The number of benzene rings is 2.